The first kappa shape index (κ1) is 57.2. The third-order valence-corrected chi connectivity index (χ3v) is 18.1. The van der Waals surface area contributed by atoms with E-state index in [0.717, 1.165) is 60.9 Å². The summed E-state index contributed by atoms with van der Waals surface area (Å²) in [5.41, 5.74) is 5.41. The number of halogens is 1. The maximum absolute atomic E-state index is 14.2. The van der Waals surface area contributed by atoms with E-state index >= 15 is 0 Å². The first-order valence-electron chi connectivity index (χ1n) is 27.9. The van der Waals surface area contributed by atoms with E-state index in [-0.39, 0.29) is 77.0 Å². The number of fused-ring (bicyclic) bond motifs is 2. The van der Waals surface area contributed by atoms with Crippen molar-refractivity contribution in [2.75, 3.05) is 74.4 Å². The number of aromatic amines is 1. The molecule has 436 valence electrons. The molecule has 1 aliphatic carbocycles. The van der Waals surface area contributed by atoms with Crippen LogP contribution < -0.4 is 30.3 Å². The zero-order chi connectivity index (χ0) is 59.0. The molecule has 11 rings (SSSR count). The van der Waals surface area contributed by atoms with Crippen molar-refractivity contribution in [3.05, 3.63) is 146 Å². The second kappa shape index (κ2) is 23.5. The highest BCUT2D eigenvalue weighted by molar-refractivity contribution is 7.90. The molecule has 0 spiro atoms. The van der Waals surface area contributed by atoms with E-state index in [0.29, 0.717) is 55.4 Å². The molecule has 3 saturated heterocycles. The third kappa shape index (κ3) is 12.2. The zero-order valence-corrected chi connectivity index (χ0v) is 47.8. The number of rotatable bonds is 17. The van der Waals surface area contributed by atoms with Gasteiger partial charge in [0.15, 0.2) is 0 Å². The number of allylic oxidation sites excluding steroid dienone is 1. The molecule has 4 aliphatic heterocycles. The number of pyridine rings is 1. The maximum Gasteiger partial charge on any atom is 0.293 e. The Morgan fingerprint density at radius 3 is 2.39 bits per heavy atom. The van der Waals surface area contributed by atoms with E-state index in [4.69, 9.17) is 16.3 Å². The van der Waals surface area contributed by atoms with Gasteiger partial charge in [-0.3, -0.25) is 54.0 Å². The molecule has 5 N–H and O–H groups in total. The monoisotopic (exact) mass is 1180 g/mol. The van der Waals surface area contributed by atoms with E-state index in [9.17, 15) is 47.3 Å². The molecule has 4 aromatic carbocycles. The number of ether oxygens (including phenoxy) is 1. The number of H-pyrrole nitrogens is 1. The van der Waals surface area contributed by atoms with Crippen molar-refractivity contribution in [2.45, 2.75) is 69.7 Å². The number of nitro groups is 1. The number of likely N-dealkylation sites (tertiary alicyclic amines) is 1. The van der Waals surface area contributed by atoms with Crippen molar-refractivity contribution in [1.82, 2.24) is 34.7 Å². The number of benzene rings is 4. The Morgan fingerprint density at radius 1 is 0.869 bits per heavy atom. The van der Waals surface area contributed by atoms with Gasteiger partial charge >= 0.3 is 0 Å². The molecule has 5 aliphatic rings. The largest absolute Gasteiger partial charge is 0.455 e. The molecular weight excluding hydrogens is 1120 g/mol. The van der Waals surface area contributed by atoms with Gasteiger partial charge in [-0.15, -0.1) is 0 Å². The summed E-state index contributed by atoms with van der Waals surface area (Å²) in [6, 6.07) is 23.5. The first-order valence-corrected chi connectivity index (χ1v) is 29.8. The lowest BCUT2D eigenvalue weighted by molar-refractivity contribution is -0.384. The lowest BCUT2D eigenvalue weighted by Crippen LogP contribution is -2.54. The average Bonchev–Trinajstić information content (AvgIpc) is 2.70. The van der Waals surface area contributed by atoms with Crippen LogP contribution in [-0.4, -0.2) is 138 Å². The number of nitrogens with zero attached hydrogens (tertiary/aromatic N) is 6. The Balaban J connectivity index is 0.714. The number of nitro benzene ring substituents is 1. The van der Waals surface area contributed by atoms with Crippen LogP contribution >= 0.6 is 11.6 Å². The van der Waals surface area contributed by atoms with Crippen LogP contribution in [0.15, 0.2) is 114 Å². The fourth-order valence-electron chi connectivity index (χ4n) is 11.8. The second-order valence-electron chi connectivity index (χ2n) is 22.7. The summed E-state index contributed by atoms with van der Waals surface area (Å²) in [4.78, 5) is 105. The number of amides is 6. The summed E-state index contributed by atoms with van der Waals surface area (Å²) in [6.45, 7) is 9.19. The number of piperidine rings is 2. The van der Waals surface area contributed by atoms with Crippen LogP contribution in [0.3, 0.4) is 0 Å². The molecule has 6 heterocycles. The van der Waals surface area contributed by atoms with Crippen LogP contribution in [0.1, 0.15) is 95.4 Å². The number of anilines is 3. The van der Waals surface area contributed by atoms with Gasteiger partial charge in [-0.2, -0.15) is 0 Å². The van der Waals surface area contributed by atoms with Gasteiger partial charge in [0.1, 0.15) is 28.9 Å². The third-order valence-electron chi connectivity index (χ3n) is 16.5. The number of nitrogens with one attached hydrogen (secondary N) is 5. The van der Waals surface area contributed by atoms with Crippen molar-refractivity contribution in [1.29, 1.82) is 0 Å². The van der Waals surface area contributed by atoms with Crippen molar-refractivity contribution < 1.29 is 46.8 Å². The van der Waals surface area contributed by atoms with Crippen molar-refractivity contribution in [2.24, 2.45) is 11.3 Å². The number of hydrogen-bond acceptors (Lipinski definition) is 16. The van der Waals surface area contributed by atoms with Gasteiger partial charge in [-0.1, -0.05) is 49.2 Å². The van der Waals surface area contributed by atoms with Crippen LogP contribution in [0.5, 0.6) is 11.5 Å². The summed E-state index contributed by atoms with van der Waals surface area (Å²) in [6.07, 6.45) is 7.39. The molecule has 6 aromatic rings. The average molecular weight is 1180 g/mol. The highest BCUT2D eigenvalue weighted by Crippen LogP contribution is 2.44. The second-order valence-corrected chi connectivity index (χ2v) is 24.8. The number of carbonyl (C=O) groups is 6. The van der Waals surface area contributed by atoms with Gasteiger partial charge in [0.05, 0.1) is 39.3 Å². The number of aromatic nitrogens is 2. The van der Waals surface area contributed by atoms with Gasteiger partial charge in [0.25, 0.3) is 33.4 Å². The summed E-state index contributed by atoms with van der Waals surface area (Å²) < 4.78 is 36.4. The zero-order valence-electron chi connectivity index (χ0n) is 46.2. The van der Waals surface area contributed by atoms with E-state index in [1.165, 1.54) is 47.2 Å². The van der Waals surface area contributed by atoms with Gasteiger partial charge < -0.3 is 30.2 Å². The van der Waals surface area contributed by atoms with Crippen molar-refractivity contribution >= 4 is 96.4 Å². The summed E-state index contributed by atoms with van der Waals surface area (Å²) in [5, 5.41) is 22.2. The van der Waals surface area contributed by atoms with E-state index in [1.54, 1.807) is 41.4 Å². The Hall–Kier alpha value is -8.67. The van der Waals surface area contributed by atoms with Crippen LogP contribution in [0.2, 0.25) is 5.02 Å². The highest BCUT2D eigenvalue weighted by Gasteiger charge is 2.46. The minimum atomic E-state index is -4.69. The predicted octanol–water partition coefficient (Wildman–Crippen LogP) is 7.99. The molecule has 84 heavy (non-hydrogen) atoms. The molecule has 0 saturated carbocycles. The SMILES string of the molecule is CC1(C)CCC(CN2CCN(c3ccc(C(=O)NS(=O)(=O)c4ccc(NCC5CCN(C(=O)CNc6cccc7c6C(=O)N(C6CCC(=O)NC6=O)C7=O)CC5)c([N+](=O)[O-])c4)c(Oc4cnc5[nH]ccc5c4)c3)CC2)=C(c2ccc(Cl)cc2)C1. The molecule has 6 amide bonds. The summed E-state index contributed by atoms with van der Waals surface area (Å²) in [5.74, 6) is -3.50. The standard InChI is InChI=1S/C60H62ClN11O11S/c1-60(2)20-16-39(46(31-60)37-6-8-40(61)9-7-37)35-68-24-26-69(27-25-68)41-10-12-44(51(29-41)83-42-28-38-17-21-62-55(38)65-33-42)56(75)67-84(81,82)43-11-13-47(50(30-43)72(79)80)63-32-36-18-22-70(23-19-36)53(74)34-64-48-5-3-4-45-54(48)59(78)71(58(45)77)49-14-15-52(73)66-57(49)76/h3-13,17,21,28-30,33,36,49,63-64H,14-16,18-20,22-27,31-32,34-35H2,1-2H3,(H,62,65)(H,67,75)(H,66,73,76). The normalized spacial score (nSPS) is 18.7. The van der Waals surface area contributed by atoms with Gasteiger partial charge in [-0.05, 0) is 122 Å². The van der Waals surface area contributed by atoms with E-state index in [2.05, 4.69) is 66.4 Å². The number of piperazine rings is 1. The minimum Gasteiger partial charge on any atom is -0.455 e. The first-order chi connectivity index (χ1) is 40.3. The molecule has 3 fully saturated rings. The minimum absolute atomic E-state index is 0.00653. The Bertz CT molecular complexity index is 3800. The number of imide groups is 2. The lowest BCUT2D eigenvalue weighted by atomic mass is 9.72. The molecule has 2 aromatic heterocycles. The molecule has 22 nitrogen and oxygen atoms in total. The van der Waals surface area contributed by atoms with Crippen LogP contribution in [0.4, 0.5) is 22.7 Å². The molecular formula is C60H62ClN11O11S. The van der Waals surface area contributed by atoms with E-state index < -0.39 is 61.1 Å². The Morgan fingerprint density at radius 2 is 1.64 bits per heavy atom. The molecule has 1 atom stereocenters. The fourth-order valence-corrected chi connectivity index (χ4v) is 12.9. The smallest absolute Gasteiger partial charge is 0.293 e. The van der Waals surface area contributed by atoms with Gasteiger partial charge in [0, 0.05) is 98.9 Å². The fraction of sp³-hybridized carbons (Fsp3) is 0.350. The van der Waals surface area contributed by atoms with Gasteiger partial charge in [0.2, 0.25) is 17.7 Å². The summed E-state index contributed by atoms with van der Waals surface area (Å²) >= 11 is 6.26. The lowest BCUT2D eigenvalue weighted by Gasteiger charge is -2.39. The van der Waals surface area contributed by atoms with Crippen molar-refractivity contribution in [3.8, 4) is 11.5 Å². The number of sulfonamides is 1. The molecule has 24 heteroatoms. The topological polar surface area (TPSA) is 279 Å². The Kier molecular flexibility index (Phi) is 16.0. The summed E-state index contributed by atoms with van der Waals surface area (Å²) in [7, 11) is -4.69. The Labute approximate surface area is 489 Å². The predicted molar refractivity (Wildman–Crippen MR) is 314 cm³/mol. The maximum atomic E-state index is 14.2. The number of hydrogen-bond donors (Lipinski definition) is 5. The van der Waals surface area contributed by atoms with Crippen LogP contribution in [-0.2, 0) is 24.4 Å². The highest BCUT2D eigenvalue weighted by atomic mass is 35.5. The molecule has 0 bridgehead atoms. The van der Waals surface area contributed by atoms with Gasteiger partial charge in [-0.25, -0.2) is 18.1 Å². The molecule has 0 radical (unpaired) electrons. The van der Waals surface area contributed by atoms with Crippen molar-refractivity contribution in [3.63, 3.8) is 0 Å². The molecule has 1 unspecified atom stereocenters. The number of carbonyl (C=O) groups excluding carboxylic acids is 6. The van der Waals surface area contributed by atoms with Crippen LogP contribution in [0, 0.1) is 21.4 Å². The van der Waals surface area contributed by atoms with E-state index in [1.807, 2.05) is 18.2 Å². The quantitative estimate of drug-likeness (QED) is 0.0329. The van der Waals surface area contributed by atoms with Crippen LogP contribution in [0.25, 0.3) is 16.6 Å².